The van der Waals surface area contributed by atoms with Crippen LogP contribution in [0.2, 0.25) is 0 Å². The maximum absolute atomic E-state index is 11.4. The molecule has 0 amide bonds. The topological polar surface area (TPSA) is 17.1 Å². The van der Waals surface area contributed by atoms with Crippen LogP contribution in [0.4, 0.5) is 0 Å². The molecule has 2 heteroatoms. The molecule has 70 valence electrons. The second-order valence-electron chi connectivity index (χ2n) is 2.94. The van der Waals surface area contributed by atoms with E-state index in [0.717, 1.165) is 12.0 Å². The Morgan fingerprint density at radius 1 is 1.38 bits per heavy atom. The number of Topliss-reactive ketones (excluding diaryl/α,β-unsaturated/α-hetero) is 1. The Bertz CT molecular complexity index is 318. The van der Waals surface area contributed by atoms with E-state index in [9.17, 15) is 4.79 Å². The molecule has 0 saturated carbocycles. The maximum Gasteiger partial charge on any atom is 0.162 e. The van der Waals surface area contributed by atoms with E-state index >= 15 is 0 Å². The molecule has 0 aliphatic rings. The van der Waals surface area contributed by atoms with Crippen LogP contribution < -0.4 is 0 Å². The molecule has 1 rings (SSSR count). The molecule has 13 heavy (non-hydrogen) atoms. The Balaban J connectivity index is 3.02. The lowest BCUT2D eigenvalue weighted by Crippen LogP contribution is -1.98. The maximum atomic E-state index is 11.4. The van der Waals surface area contributed by atoms with E-state index in [4.69, 9.17) is 0 Å². The van der Waals surface area contributed by atoms with E-state index in [1.54, 1.807) is 0 Å². The van der Waals surface area contributed by atoms with Crippen molar-refractivity contribution < 1.29 is 4.79 Å². The van der Waals surface area contributed by atoms with Crippen LogP contribution in [0.25, 0.3) is 0 Å². The van der Waals surface area contributed by atoms with Gasteiger partial charge < -0.3 is 0 Å². The summed E-state index contributed by atoms with van der Waals surface area (Å²) in [5, 5.41) is 0. The zero-order valence-electron chi connectivity index (χ0n) is 7.93. The molecule has 0 N–H and O–H groups in total. The van der Waals surface area contributed by atoms with Crippen LogP contribution in [0.1, 0.15) is 36.2 Å². The van der Waals surface area contributed by atoms with E-state index in [2.05, 4.69) is 29.5 Å². The average molecular weight is 288 g/mol. The third-order valence-electron chi connectivity index (χ3n) is 2.08. The molecule has 0 unspecified atom stereocenters. The summed E-state index contributed by atoms with van der Waals surface area (Å²) in [5.74, 6) is 0.223. The fraction of sp³-hybridized carbons (Fsp3) is 0.364. The Morgan fingerprint density at radius 2 is 2.08 bits per heavy atom. The van der Waals surface area contributed by atoms with E-state index < -0.39 is 0 Å². The van der Waals surface area contributed by atoms with E-state index in [1.165, 1.54) is 9.13 Å². The van der Waals surface area contributed by atoms with Crippen molar-refractivity contribution in [1.29, 1.82) is 0 Å². The number of aryl methyl sites for hydroxylation is 1. The van der Waals surface area contributed by atoms with Crippen LogP contribution in [0.5, 0.6) is 0 Å². The van der Waals surface area contributed by atoms with Gasteiger partial charge in [-0.3, -0.25) is 4.79 Å². The lowest BCUT2D eigenvalue weighted by Gasteiger charge is -2.03. The van der Waals surface area contributed by atoms with Crippen molar-refractivity contribution in [2.75, 3.05) is 0 Å². The minimum atomic E-state index is 0.223. The highest BCUT2D eigenvalue weighted by molar-refractivity contribution is 14.1. The molecule has 0 saturated heterocycles. The first-order valence-electron chi connectivity index (χ1n) is 4.50. The van der Waals surface area contributed by atoms with Crippen molar-refractivity contribution in [2.24, 2.45) is 0 Å². The Morgan fingerprint density at radius 3 is 2.54 bits per heavy atom. The highest BCUT2D eigenvalue weighted by Crippen LogP contribution is 2.16. The second-order valence-corrected chi connectivity index (χ2v) is 4.10. The Kier molecular flexibility index (Phi) is 3.90. The number of hydrogen-bond acceptors (Lipinski definition) is 1. The summed E-state index contributed by atoms with van der Waals surface area (Å²) in [4.78, 5) is 11.4. The number of hydrogen-bond donors (Lipinski definition) is 0. The smallest absolute Gasteiger partial charge is 0.162 e. The molecule has 0 aliphatic carbocycles. The summed E-state index contributed by atoms with van der Waals surface area (Å²) in [6.45, 7) is 4.02. The molecule has 1 nitrogen and oxygen atoms in total. The van der Waals surface area contributed by atoms with Gasteiger partial charge in [0.2, 0.25) is 0 Å². The monoisotopic (exact) mass is 288 g/mol. The van der Waals surface area contributed by atoms with Gasteiger partial charge in [-0.2, -0.15) is 0 Å². The molecule has 0 aromatic heterocycles. The van der Waals surface area contributed by atoms with Crippen LogP contribution in [0.15, 0.2) is 18.2 Å². The third-order valence-corrected chi connectivity index (χ3v) is 3.08. The standard InChI is InChI=1S/C11H13IO/c1-3-8-5-6-9(7-10(8)12)11(13)4-2/h5-7H,3-4H2,1-2H3. The number of benzene rings is 1. The highest BCUT2D eigenvalue weighted by atomic mass is 127. The third kappa shape index (κ3) is 2.53. The largest absolute Gasteiger partial charge is 0.294 e. The summed E-state index contributed by atoms with van der Waals surface area (Å²) >= 11 is 2.28. The average Bonchev–Trinajstić information content (AvgIpc) is 2.16. The predicted molar refractivity (Wildman–Crippen MR) is 63.2 cm³/mol. The van der Waals surface area contributed by atoms with Crippen LogP contribution in [-0.2, 0) is 6.42 Å². The molecule has 0 heterocycles. The number of ketones is 1. The first-order valence-corrected chi connectivity index (χ1v) is 5.58. The SMILES string of the molecule is CCC(=O)c1ccc(CC)c(I)c1. The van der Waals surface area contributed by atoms with Gasteiger partial charge in [0.05, 0.1) is 0 Å². The van der Waals surface area contributed by atoms with Crippen LogP contribution in [0.3, 0.4) is 0 Å². The van der Waals surface area contributed by atoms with Gasteiger partial charge in [0.15, 0.2) is 5.78 Å². The summed E-state index contributed by atoms with van der Waals surface area (Å²) in [5.41, 5.74) is 2.15. The molecule has 0 fully saturated rings. The zero-order chi connectivity index (χ0) is 9.84. The van der Waals surface area contributed by atoms with Crippen molar-refractivity contribution in [2.45, 2.75) is 26.7 Å². The van der Waals surface area contributed by atoms with Crippen molar-refractivity contribution in [1.82, 2.24) is 0 Å². The molecule has 0 aliphatic heterocycles. The normalized spacial score (nSPS) is 10.1. The lowest BCUT2D eigenvalue weighted by molar-refractivity contribution is 0.0988. The Hall–Kier alpha value is -0.380. The molecular formula is C11H13IO. The number of carbonyl (C=O) groups excluding carboxylic acids is 1. The van der Waals surface area contributed by atoms with Gasteiger partial charge in [-0.15, -0.1) is 0 Å². The molecule has 0 bridgehead atoms. The Labute approximate surface area is 92.7 Å². The molecule has 0 spiro atoms. The van der Waals surface area contributed by atoms with Gasteiger partial charge in [-0.1, -0.05) is 26.0 Å². The van der Waals surface area contributed by atoms with Gasteiger partial charge in [0.1, 0.15) is 0 Å². The summed E-state index contributed by atoms with van der Waals surface area (Å²) in [6.07, 6.45) is 1.61. The zero-order valence-corrected chi connectivity index (χ0v) is 10.1. The van der Waals surface area contributed by atoms with Crippen LogP contribution >= 0.6 is 22.6 Å². The number of rotatable bonds is 3. The second kappa shape index (κ2) is 4.74. The van der Waals surface area contributed by atoms with Crippen molar-refractivity contribution >= 4 is 28.4 Å². The summed E-state index contributed by atoms with van der Waals surface area (Å²) in [7, 11) is 0. The van der Waals surface area contributed by atoms with Crippen molar-refractivity contribution in [3.05, 3.63) is 32.9 Å². The van der Waals surface area contributed by atoms with Gasteiger partial charge in [0.25, 0.3) is 0 Å². The molecule has 1 aromatic carbocycles. The van der Waals surface area contributed by atoms with Crippen molar-refractivity contribution in [3.8, 4) is 0 Å². The van der Waals surface area contributed by atoms with Crippen LogP contribution in [0, 0.1) is 3.57 Å². The first-order chi connectivity index (χ1) is 6.19. The van der Waals surface area contributed by atoms with Gasteiger partial charge >= 0.3 is 0 Å². The van der Waals surface area contributed by atoms with Gasteiger partial charge in [-0.05, 0) is 40.6 Å². The number of carbonyl (C=O) groups is 1. The summed E-state index contributed by atoms with van der Waals surface area (Å²) < 4.78 is 1.19. The quantitative estimate of drug-likeness (QED) is 0.615. The molecule has 1 aromatic rings. The van der Waals surface area contributed by atoms with E-state index in [0.29, 0.717) is 6.42 Å². The fourth-order valence-electron chi connectivity index (χ4n) is 1.21. The minimum Gasteiger partial charge on any atom is -0.294 e. The van der Waals surface area contributed by atoms with Crippen molar-refractivity contribution in [3.63, 3.8) is 0 Å². The summed E-state index contributed by atoms with van der Waals surface area (Å²) in [6, 6.07) is 5.95. The van der Waals surface area contributed by atoms with Crippen LogP contribution in [-0.4, -0.2) is 5.78 Å². The minimum absolute atomic E-state index is 0.223. The highest BCUT2D eigenvalue weighted by Gasteiger charge is 2.04. The molecule has 0 radical (unpaired) electrons. The van der Waals surface area contributed by atoms with E-state index in [1.807, 2.05) is 25.1 Å². The van der Waals surface area contributed by atoms with Gasteiger partial charge in [0, 0.05) is 15.6 Å². The molecule has 0 atom stereocenters. The fourth-order valence-corrected chi connectivity index (χ4v) is 2.11. The predicted octanol–water partition coefficient (Wildman–Crippen LogP) is 3.45. The van der Waals surface area contributed by atoms with E-state index in [-0.39, 0.29) is 5.78 Å². The number of halogens is 1. The van der Waals surface area contributed by atoms with Gasteiger partial charge in [-0.25, -0.2) is 0 Å². The lowest BCUT2D eigenvalue weighted by atomic mass is 10.1. The molecular weight excluding hydrogens is 275 g/mol. The first kappa shape index (κ1) is 10.7.